The third-order valence-corrected chi connectivity index (χ3v) is 4.90. The summed E-state index contributed by atoms with van der Waals surface area (Å²) in [5, 5.41) is 4.45. The van der Waals surface area contributed by atoms with Gasteiger partial charge in [-0.1, -0.05) is 30.3 Å². The first-order valence-electron chi connectivity index (χ1n) is 9.82. The molecule has 0 aliphatic rings. The fourth-order valence-corrected chi connectivity index (χ4v) is 3.33. The van der Waals surface area contributed by atoms with E-state index in [-0.39, 0.29) is 29.7 Å². The van der Waals surface area contributed by atoms with E-state index in [9.17, 15) is 14.0 Å². The molecule has 0 fully saturated rings. The summed E-state index contributed by atoms with van der Waals surface area (Å²) < 4.78 is 23.7. The number of carbonyl (C=O) groups excluding carboxylic acids is 2. The monoisotopic (exact) mass is 430 g/mol. The molecule has 1 N–H and O–H groups in total. The minimum Gasteiger partial charge on any atom is -0.465 e. The minimum absolute atomic E-state index is 0.113. The summed E-state index contributed by atoms with van der Waals surface area (Å²) in [6.45, 7) is 0.228. The van der Waals surface area contributed by atoms with Crippen LogP contribution in [-0.4, -0.2) is 24.0 Å². The number of halogens is 1. The Labute approximate surface area is 183 Å². The third-order valence-electron chi connectivity index (χ3n) is 4.90. The Kier molecular flexibility index (Phi) is 6.07. The maximum Gasteiger partial charge on any atom is 0.338 e. The number of rotatable bonds is 6. The first-order chi connectivity index (χ1) is 15.6. The molecule has 3 aromatic carbocycles. The van der Waals surface area contributed by atoms with Crippen molar-refractivity contribution in [2.24, 2.45) is 0 Å². The fraction of sp³-hybridized carbons (Fsp3) is 0.0800. The first-order valence-corrected chi connectivity index (χ1v) is 9.82. The molecule has 160 valence electrons. The van der Waals surface area contributed by atoms with Gasteiger partial charge in [0.25, 0.3) is 5.91 Å². The number of nitrogens with zero attached hydrogens (tertiary/aromatic N) is 1. The van der Waals surface area contributed by atoms with Crippen LogP contribution in [0, 0.1) is 5.82 Å². The van der Waals surface area contributed by atoms with Crippen LogP contribution in [0.1, 0.15) is 26.3 Å². The molecule has 1 amide bonds. The summed E-state index contributed by atoms with van der Waals surface area (Å²) in [5.74, 6) is -0.709. The highest BCUT2D eigenvalue weighted by atomic mass is 19.1. The molecule has 7 heteroatoms. The summed E-state index contributed by atoms with van der Waals surface area (Å²) in [6.07, 6.45) is 1.51. The Hall–Kier alpha value is -4.26. The van der Waals surface area contributed by atoms with Crippen LogP contribution in [0.5, 0.6) is 11.6 Å². The summed E-state index contributed by atoms with van der Waals surface area (Å²) in [5.41, 5.74) is 1.54. The fourth-order valence-electron chi connectivity index (χ4n) is 3.33. The van der Waals surface area contributed by atoms with E-state index in [0.717, 1.165) is 16.3 Å². The second kappa shape index (κ2) is 9.26. The normalized spacial score (nSPS) is 10.6. The van der Waals surface area contributed by atoms with Gasteiger partial charge >= 0.3 is 5.97 Å². The number of ether oxygens (including phenoxy) is 2. The van der Waals surface area contributed by atoms with Crippen molar-refractivity contribution in [1.29, 1.82) is 0 Å². The number of pyridine rings is 1. The molecular formula is C25H19FN2O4. The van der Waals surface area contributed by atoms with E-state index in [0.29, 0.717) is 11.3 Å². The lowest BCUT2D eigenvalue weighted by Crippen LogP contribution is -2.23. The topological polar surface area (TPSA) is 77.5 Å². The second-order valence-corrected chi connectivity index (χ2v) is 6.90. The van der Waals surface area contributed by atoms with Gasteiger partial charge in [0.1, 0.15) is 17.1 Å². The lowest BCUT2D eigenvalue weighted by atomic mass is 9.99. The van der Waals surface area contributed by atoms with Crippen LogP contribution in [0.4, 0.5) is 4.39 Å². The molecule has 6 nitrogen and oxygen atoms in total. The maximum absolute atomic E-state index is 13.1. The molecule has 1 aromatic heterocycles. The molecule has 0 aliphatic carbocycles. The smallest absolute Gasteiger partial charge is 0.338 e. The molecule has 0 atom stereocenters. The van der Waals surface area contributed by atoms with Crippen LogP contribution in [-0.2, 0) is 11.3 Å². The number of carbonyl (C=O) groups is 2. The number of fused-ring (bicyclic) bond motifs is 1. The van der Waals surface area contributed by atoms with Gasteiger partial charge in [-0.25, -0.2) is 14.2 Å². The second-order valence-electron chi connectivity index (χ2n) is 6.90. The minimum atomic E-state index is -0.422. The number of hydrogen-bond donors (Lipinski definition) is 1. The van der Waals surface area contributed by atoms with Crippen molar-refractivity contribution < 1.29 is 23.5 Å². The Morgan fingerprint density at radius 2 is 1.66 bits per heavy atom. The predicted octanol–water partition coefficient (Wildman–Crippen LogP) is 4.88. The van der Waals surface area contributed by atoms with Gasteiger partial charge in [0.15, 0.2) is 0 Å². The summed E-state index contributed by atoms with van der Waals surface area (Å²) in [6, 6.07) is 19.6. The van der Waals surface area contributed by atoms with Crippen molar-refractivity contribution in [1.82, 2.24) is 10.3 Å². The number of amides is 1. The van der Waals surface area contributed by atoms with Crippen molar-refractivity contribution >= 4 is 22.6 Å². The molecule has 4 rings (SSSR count). The number of hydrogen-bond acceptors (Lipinski definition) is 5. The highest BCUT2D eigenvalue weighted by Gasteiger charge is 2.16. The predicted molar refractivity (Wildman–Crippen MR) is 117 cm³/mol. The van der Waals surface area contributed by atoms with Crippen molar-refractivity contribution in [3.63, 3.8) is 0 Å². The van der Waals surface area contributed by atoms with Crippen molar-refractivity contribution in [2.45, 2.75) is 6.54 Å². The molecule has 0 saturated carbocycles. The van der Waals surface area contributed by atoms with E-state index in [1.165, 1.54) is 37.6 Å². The molecule has 0 bridgehead atoms. The number of nitrogens with one attached hydrogen (secondary N) is 1. The zero-order valence-electron chi connectivity index (χ0n) is 17.2. The average Bonchev–Trinajstić information content (AvgIpc) is 2.83. The SMILES string of the molecule is COC(=O)c1ccc(CNC(=O)c2cccnc2Oc2ccc(F)cc2)c2ccccc12. The Morgan fingerprint density at radius 3 is 2.41 bits per heavy atom. The first kappa shape index (κ1) is 21.0. The standard InChI is InChI=1S/C25H19FN2O4/c1-31-25(30)21-13-8-16(19-5-2-3-6-20(19)21)15-28-23(29)22-7-4-14-27-24(22)32-18-11-9-17(26)10-12-18/h2-14H,15H2,1H3,(H,28,29). The van der Waals surface area contributed by atoms with Crippen LogP contribution < -0.4 is 10.1 Å². The van der Waals surface area contributed by atoms with Crippen LogP contribution in [0.15, 0.2) is 79.0 Å². The van der Waals surface area contributed by atoms with Gasteiger partial charge in [-0.3, -0.25) is 4.79 Å². The Morgan fingerprint density at radius 1 is 0.906 bits per heavy atom. The van der Waals surface area contributed by atoms with E-state index >= 15 is 0 Å². The number of aromatic nitrogens is 1. The largest absolute Gasteiger partial charge is 0.465 e. The Balaban J connectivity index is 1.56. The molecule has 1 heterocycles. The van der Waals surface area contributed by atoms with E-state index in [1.54, 1.807) is 24.3 Å². The Bertz CT molecular complexity index is 1290. The molecular weight excluding hydrogens is 411 g/mol. The molecule has 4 aromatic rings. The molecule has 0 spiro atoms. The van der Waals surface area contributed by atoms with Crippen molar-refractivity contribution in [3.8, 4) is 11.6 Å². The van der Waals surface area contributed by atoms with Gasteiger partial charge in [-0.15, -0.1) is 0 Å². The molecule has 0 saturated heterocycles. The van der Waals surface area contributed by atoms with E-state index in [2.05, 4.69) is 10.3 Å². The van der Waals surface area contributed by atoms with Crippen LogP contribution in [0.2, 0.25) is 0 Å². The summed E-state index contributed by atoms with van der Waals surface area (Å²) in [4.78, 5) is 29.1. The third kappa shape index (κ3) is 4.41. The lowest BCUT2D eigenvalue weighted by Gasteiger charge is -2.13. The molecule has 0 unspecified atom stereocenters. The van der Waals surface area contributed by atoms with Gasteiger partial charge in [-0.2, -0.15) is 0 Å². The highest BCUT2D eigenvalue weighted by Crippen LogP contribution is 2.25. The van der Waals surface area contributed by atoms with Gasteiger partial charge < -0.3 is 14.8 Å². The lowest BCUT2D eigenvalue weighted by molar-refractivity contribution is 0.0602. The van der Waals surface area contributed by atoms with Gasteiger partial charge in [-0.05, 0) is 58.8 Å². The van der Waals surface area contributed by atoms with Gasteiger partial charge in [0.05, 0.1) is 12.7 Å². The van der Waals surface area contributed by atoms with Crippen molar-refractivity contribution in [2.75, 3.05) is 7.11 Å². The number of benzene rings is 3. The number of esters is 1. The quantitative estimate of drug-likeness (QED) is 0.441. The number of methoxy groups -OCH3 is 1. The summed E-state index contributed by atoms with van der Waals surface area (Å²) in [7, 11) is 1.34. The van der Waals surface area contributed by atoms with Gasteiger partial charge in [0.2, 0.25) is 5.88 Å². The van der Waals surface area contributed by atoms with Crippen LogP contribution >= 0.6 is 0 Å². The van der Waals surface area contributed by atoms with Gasteiger partial charge in [0, 0.05) is 12.7 Å². The van der Waals surface area contributed by atoms with Crippen molar-refractivity contribution in [3.05, 3.63) is 102 Å². The van der Waals surface area contributed by atoms with E-state index in [1.807, 2.05) is 24.3 Å². The molecule has 0 radical (unpaired) electrons. The van der Waals surface area contributed by atoms with E-state index < -0.39 is 5.97 Å². The van der Waals surface area contributed by atoms with Crippen LogP contribution in [0.3, 0.4) is 0 Å². The average molecular weight is 430 g/mol. The maximum atomic E-state index is 13.1. The molecule has 0 aliphatic heterocycles. The van der Waals surface area contributed by atoms with Crippen LogP contribution in [0.25, 0.3) is 10.8 Å². The summed E-state index contributed by atoms with van der Waals surface area (Å²) >= 11 is 0. The zero-order chi connectivity index (χ0) is 22.5. The zero-order valence-corrected chi connectivity index (χ0v) is 17.2. The molecule has 32 heavy (non-hydrogen) atoms. The van der Waals surface area contributed by atoms with E-state index in [4.69, 9.17) is 9.47 Å². The highest BCUT2D eigenvalue weighted by molar-refractivity contribution is 6.05.